The lowest BCUT2D eigenvalue weighted by Gasteiger charge is -2.22. The van der Waals surface area contributed by atoms with E-state index in [1.54, 1.807) is 12.1 Å². The molecule has 1 aromatic carbocycles. The van der Waals surface area contributed by atoms with E-state index in [9.17, 15) is 5.11 Å². The molecule has 4 heteroatoms. The number of nitriles is 1. The summed E-state index contributed by atoms with van der Waals surface area (Å²) in [7, 11) is 0. The predicted octanol–water partition coefficient (Wildman–Crippen LogP) is 1.31. The van der Waals surface area contributed by atoms with Crippen LogP contribution in [-0.2, 0) is 4.74 Å². The third-order valence-electron chi connectivity index (χ3n) is 3.17. The fraction of sp³-hybridized carbons (Fsp3) is 0.500. The van der Waals surface area contributed by atoms with Crippen LogP contribution in [-0.4, -0.2) is 42.9 Å². The van der Waals surface area contributed by atoms with Gasteiger partial charge >= 0.3 is 0 Å². The van der Waals surface area contributed by atoms with E-state index in [2.05, 4.69) is 11.0 Å². The van der Waals surface area contributed by atoms with Gasteiger partial charge in [0.05, 0.1) is 24.3 Å². The molecule has 0 spiro atoms. The van der Waals surface area contributed by atoms with Crippen LogP contribution >= 0.6 is 0 Å². The molecule has 2 rings (SSSR count). The van der Waals surface area contributed by atoms with Gasteiger partial charge in [-0.2, -0.15) is 5.26 Å². The van der Waals surface area contributed by atoms with Crippen LogP contribution in [0.3, 0.4) is 0 Å². The smallest absolute Gasteiger partial charge is 0.0991 e. The Labute approximate surface area is 107 Å². The van der Waals surface area contributed by atoms with Crippen LogP contribution in [0.5, 0.6) is 0 Å². The molecule has 1 unspecified atom stereocenters. The van der Waals surface area contributed by atoms with E-state index in [1.165, 1.54) is 0 Å². The van der Waals surface area contributed by atoms with E-state index in [0.717, 1.165) is 38.3 Å². The summed E-state index contributed by atoms with van der Waals surface area (Å²) in [4.78, 5) is 2.22. The van der Waals surface area contributed by atoms with Crippen LogP contribution < -0.4 is 0 Å². The number of nitrogens with zero attached hydrogens (tertiary/aromatic N) is 2. The van der Waals surface area contributed by atoms with Crippen molar-refractivity contribution in [3.05, 3.63) is 35.4 Å². The molecule has 1 saturated heterocycles. The van der Waals surface area contributed by atoms with E-state index < -0.39 is 6.10 Å². The van der Waals surface area contributed by atoms with Crippen LogP contribution in [0.1, 0.15) is 23.7 Å². The first kappa shape index (κ1) is 13.0. The number of aliphatic hydroxyl groups excluding tert-OH is 1. The first-order valence-electron chi connectivity index (χ1n) is 6.28. The highest BCUT2D eigenvalue weighted by Crippen LogP contribution is 2.15. The summed E-state index contributed by atoms with van der Waals surface area (Å²) in [6.07, 6.45) is 0.510. The summed E-state index contributed by atoms with van der Waals surface area (Å²) in [6.45, 7) is 4.00. The first-order chi connectivity index (χ1) is 8.79. The van der Waals surface area contributed by atoms with Gasteiger partial charge in [0.25, 0.3) is 0 Å². The highest BCUT2D eigenvalue weighted by atomic mass is 16.5. The zero-order valence-corrected chi connectivity index (χ0v) is 10.4. The minimum Gasteiger partial charge on any atom is -0.387 e. The Kier molecular flexibility index (Phi) is 4.71. The average molecular weight is 246 g/mol. The lowest BCUT2D eigenvalue weighted by Crippen LogP contribution is -2.31. The van der Waals surface area contributed by atoms with Gasteiger partial charge in [0, 0.05) is 26.2 Å². The third-order valence-corrected chi connectivity index (χ3v) is 3.17. The van der Waals surface area contributed by atoms with Gasteiger partial charge in [-0.25, -0.2) is 0 Å². The maximum Gasteiger partial charge on any atom is 0.0991 e. The van der Waals surface area contributed by atoms with E-state index in [1.807, 2.05) is 12.1 Å². The second kappa shape index (κ2) is 6.50. The number of ether oxygens (including phenoxy) is 1. The van der Waals surface area contributed by atoms with Gasteiger partial charge < -0.3 is 9.84 Å². The molecule has 1 aliphatic heterocycles. The van der Waals surface area contributed by atoms with Crippen LogP contribution in [0.25, 0.3) is 0 Å². The van der Waals surface area contributed by atoms with Crippen molar-refractivity contribution in [1.82, 2.24) is 4.90 Å². The molecule has 96 valence electrons. The molecule has 4 nitrogen and oxygen atoms in total. The highest BCUT2D eigenvalue weighted by molar-refractivity contribution is 5.32. The van der Waals surface area contributed by atoms with Crippen molar-refractivity contribution in [2.24, 2.45) is 0 Å². The minimum atomic E-state index is -0.504. The quantitative estimate of drug-likeness (QED) is 0.873. The molecule has 0 amide bonds. The van der Waals surface area contributed by atoms with Crippen molar-refractivity contribution in [2.75, 3.05) is 32.8 Å². The Morgan fingerprint density at radius 2 is 2.06 bits per heavy atom. The normalized spacial score (nSPS) is 18.9. The zero-order valence-electron chi connectivity index (χ0n) is 10.4. The minimum absolute atomic E-state index is 0.504. The molecule has 1 fully saturated rings. The molecule has 0 aliphatic carbocycles. The Balaban J connectivity index is 1.93. The summed E-state index contributed by atoms with van der Waals surface area (Å²) in [6, 6.07) is 9.19. The summed E-state index contributed by atoms with van der Waals surface area (Å²) < 4.78 is 5.38. The maximum absolute atomic E-state index is 10.2. The number of hydrogen-bond donors (Lipinski definition) is 1. The zero-order chi connectivity index (χ0) is 12.8. The largest absolute Gasteiger partial charge is 0.387 e. The predicted molar refractivity (Wildman–Crippen MR) is 68.0 cm³/mol. The monoisotopic (exact) mass is 246 g/mol. The lowest BCUT2D eigenvalue weighted by atomic mass is 10.1. The SMILES string of the molecule is N#Cc1ccc(C(O)CN2CCCOCC2)cc1. The Morgan fingerprint density at radius 3 is 2.78 bits per heavy atom. The number of rotatable bonds is 3. The summed E-state index contributed by atoms with van der Waals surface area (Å²) >= 11 is 0. The fourth-order valence-electron chi connectivity index (χ4n) is 2.11. The van der Waals surface area contributed by atoms with Gasteiger partial charge in [0.15, 0.2) is 0 Å². The van der Waals surface area contributed by atoms with Gasteiger partial charge in [0.2, 0.25) is 0 Å². The van der Waals surface area contributed by atoms with Gasteiger partial charge in [-0.15, -0.1) is 0 Å². The lowest BCUT2D eigenvalue weighted by molar-refractivity contribution is 0.103. The number of benzene rings is 1. The highest BCUT2D eigenvalue weighted by Gasteiger charge is 2.15. The van der Waals surface area contributed by atoms with E-state index >= 15 is 0 Å². The van der Waals surface area contributed by atoms with Gasteiger partial charge in [-0.3, -0.25) is 4.90 Å². The second-order valence-electron chi connectivity index (χ2n) is 4.52. The second-order valence-corrected chi connectivity index (χ2v) is 4.52. The van der Waals surface area contributed by atoms with Crippen LogP contribution in [0, 0.1) is 11.3 Å². The Morgan fingerprint density at radius 1 is 1.28 bits per heavy atom. The van der Waals surface area contributed by atoms with E-state index in [-0.39, 0.29) is 0 Å². The standard InChI is InChI=1S/C14H18N2O2/c15-10-12-2-4-13(5-3-12)14(17)11-16-6-1-8-18-9-7-16/h2-5,14,17H,1,6-9,11H2. The molecule has 1 atom stereocenters. The molecule has 18 heavy (non-hydrogen) atoms. The number of hydrogen-bond acceptors (Lipinski definition) is 4. The molecule has 1 aromatic rings. The van der Waals surface area contributed by atoms with Crippen LogP contribution in [0.4, 0.5) is 0 Å². The van der Waals surface area contributed by atoms with Gasteiger partial charge in [0.1, 0.15) is 0 Å². The molecule has 1 heterocycles. The summed E-state index contributed by atoms with van der Waals surface area (Å²) in [5, 5.41) is 18.9. The molecule has 1 N–H and O–H groups in total. The third kappa shape index (κ3) is 3.54. The van der Waals surface area contributed by atoms with Crippen molar-refractivity contribution in [2.45, 2.75) is 12.5 Å². The Hall–Kier alpha value is -1.41. The average Bonchev–Trinajstić information content (AvgIpc) is 2.67. The van der Waals surface area contributed by atoms with Crippen molar-refractivity contribution in [3.8, 4) is 6.07 Å². The molecule has 1 aliphatic rings. The summed E-state index contributed by atoms with van der Waals surface area (Å²) in [5.41, 5.74) is 1.48. The van der Waals surface area contributed by atoms with Crippen molar-refractivity contribution < 1.29 is 9.84 Å². The maximum atomic E-state index is 10.2. The molecular weight excluding hydrogens is 228 g/mol. The van der Waals surface area contributed by atoms with Crippen LogP contribution in [0.15, 0.2) is 24.3 Å². The Bertz CT molecular complexity index is 403. The van der Waals surface area contributed by atoms with Crippen molar-refractivity contribution in [1.29, 1.82) is 5.26 Å². The van der Waals surface area contributed by atoms with E-state index in [4.69, 9.17) is 10.00 Å². The van der Waals surface area contributed by atoms with E-state index in [0.29, 0.717) is 12.1 Å². The molecular formula is C14H18N2O2. The van der Waals surface area contributed by atoms with Gasteiger partial charge in [-0.05, 0) is 24.1 Å². The summed E-state index contributed by atoms with van der Waals surface area (Å²) in [5.74, 6) is 0. The molecule has 0 bridgehead atoms. The molecule has 0 aromatic heterocycles. The van der Waals surface area contributed by atoms with Crippen molar-refractivity contribution >= 4 is 0 Å². The topological polar surface area (TPSA) is 56.5 Å². The number of aliphatic hydroxyl groups is 1. The van der Waals surface area contributed by atoms with Crippen LogP contribution in [0.2, 0.25) is 0 Å². The fourth-order valence-corrected chi connectivity index (χ4v) is 2.11. The van der Waals surface area contributed by atoms with Crippen molar-refractivity contribution in [3.63, 3.8) is 0 Å². The van der Waals surface area contributed by atoms with Gasteiger partial charge in [-0.1, -0.05) is 12.1 Å². The molecule has 0 saturated carbocycles. The first-order valence-corrected chi connectivity index (χ1v) is 6.28. The number of β-amino-alcohol motifs (C(OH)–C–C–N with tert-alkyl or cyclic N) is 1. The molecule has 0 radical (unpaired) electrons.